The van der Waals surface area contributed by atoms with Gasteiger partial charge in [0.2, 0.25) is 5.91 Å². The number of benzene rings is 1. The normalized spacial score (nSPS) is 20.0. The summed E-state index contributed by atoms with van der Waals surface area (Å²) in [4.78, 5) is 23.6. The number of carbonyl (C=O) groups excluding carboxylic acids is 2. The van der Waals surface area contributed by atoms with Gasteiger partial charge in [-0.15, -0.1) is 0 Å². The summed E-state index contributed by atoms with van der Waals surface area (Å²) < 4.78 is 2.16. The van der Waals surface area contributed by atoms with Crippen LogP contribution in [0.5, 0.6) is 0 Å². The first-order valence-corrected chi connectivity index (χ1v) is 7.86. The molecule has 4 heteroatoms. The van der Waals surface area contributed by atoms with E-state index < -0.39 is 0 Å². The molecule has 1 unspecified atom stereocenters. The van der Waals surface area contributed by atoms with Crippen molar-refractivity contribution >= 4 is 17.9 Å². The van der Waals surface area contributed by atoms with Gasteiger partial charge in [0.15, 0.2) is 6.29 Å². The van der Waals surface area contributed by atoms with Crippen molar-refractivity contribution in [3.8, 4) is 11.1 Å². The Hall–Kier alpha value is -2.36. The average molecular weight is 294 g/mol. The zero-order valence-corrected chi connectivity index (χ0v) is 12.3. The largest absolute Gasteiger partial charge is 0.342 e. The Bertz CT molecular complexity index is 760. The molecule has 2 aliphatic rings. The quantitative estimate of drug-likeness (QED) is 0.817. The summed E-state index contributed by atoms with van der Waals surface area (Å²) in [5, 5.41) is 3.02. The second-order valence-corrected chi connectivity index (χ2v) is 6.11. The minimum Gasteiger partial charge on any atom is -0.342 e. The molecule has 0 fully saturated rings. The van der Waals surface area contributed by atoms with Gasteiger partial charge in [0, 0.05) is 41.4 Å². The van der Waals surface area contributed by atoms with Crippen LogP contribution in [0.4, 0.5) is 5.69 Å². The number of carbonyl (C=O) groups is 2. The number of aromatic nitrogens is 1. The van der Waals surface area contributed by atoms with Crippen molar-refractivity contribution in [3.05, 3.63) is 41.7 Å². The van der Waals surface area contributed by atoms with Crippen molar-refractivity contribution in [1.29, 1.82) is 0 Å². The first-order chi connectivity index (χ1) is 10.8. The number of amides is 1. The fourth-order valence-corrected chi connectivity index (χ4v) is 3.85. The molecular formula is C18H18N2O2. The molecule has 112 valence electrons. The SMILES string of the molecule is O=Cc1cc2c3n1CCCC3CCC(=O)Nc1ccccc1-2. The van der Waals surface area contributed by atoms with Crippen LogP contribution in [0.15, 0.2) is 30.3 Å². The fourth-order valence-electron chi connectivity index (χ4n) is 3.85. The van der Waals surface area contributed by atoms with Crippen LogP contribution in [-0.2, 0) is 11.3 Å². The van der Waals surface area contributed by atoms with Crippen molar-refractivity contribution in [3.63, 3.8) is 0 Å². The summed E-state index contributed by atoms with van der Waals surface area (Å²) >= 11 is 0. The third kappa shape index (κ3) is 1.98. The van der Waals surface area contributed by atoms with Crippen LogP contribution in [0, 0.1) is 0 Å². The van der Waals surface area contributed by atoms with Gasteiger partial charge in [-0.3, -0.25) is 9.59 Å². The number of aldehydes is 1. The summed E-state index contributed by atoms with van der Waals surface area (Å²) in [6.07, 6.45) is 4.47. The topological polar surface area (TPSA) is 51.1 Å². The van der Waals surface area contributed by atoms with Crippen LogP contribution < -0.4 is 5.32 Å². The van der Waals surface area contributed by atoms with Crippen molar-refractivity contribution < 1.29 is 9.59 Å². The van der Waals surface area contributed by atoms with Gasteiger partial charge in [-0.05, 0) is 31.4 Å². The van der Waals surface area contributed by atoms with Crippen LogP contribution in [0.25, 0.3) is 11.1 Å². The number of anilines is 1. The highest BCUT2D eigenvalue weighted by atomic mass is 16.1. The molecule has 0 spiro atoms. The third-order valence-corrected chi connectivity index (χ3v) is 4.82. The number of fused-ring (bicyclic) bond motifs is 2. The Morgan fingerprint density at radius 1 is 1.18 bits per heavy atom. The molecule has 0 saturated heterocycles. The minimum absolute atomic E-state index is 0.0744. The van der Waals surface area contributed by atoms with Gasteiger partial charge in [-0.1, -0.05) is 18.2 Å². The summed E-state index contributed by atoms with van der Waals surface area (Å²) in [6, 6.07) is 9.85. The Labute approximate surface area is 129 Å². The van der Waals surface area contributed by atoms with Crippen molar-refractivity contribution in [2.45, 2.75) is 38.1 Å². The van der Waals surface area contributed by atoms with E-state index in [1.807, 2.05) is 30.3 Å². The van der Waals surface area contributed by atoms with Crippen molar-refractivity contribution in [2.75, 3.05) is 5.32 Å². The molecule has 1 N–H and O–H groups in total. The Kier molecular flexibility index (Phi) is 3.10. The van der Waals surface area contributed by atoms with E-state index in [4.69, 9.17) is 0 Å². The van der Waals surface area contributed by atoms with Crippen LogP contribution in [0.2, 0.25) is 0 Å². The van der Waals surface area contributed by atoms with E-state index in [0.717, 1.165) is 54.6 Å². The third-order valence-electron chi connectivity index (χ3n) is 4.82. The fraction of sp³-hybridized carbons (Fsp3) is 0.333. The molecule has 1 aromatic carbocycles. The molecular weight excluding hydrogens is 276 g/mol. The van der Waals surface area contributed by atoms with E-state index >= 15 is 0 Å². The van der Waals surface area contributed by atoms with Gasteiger partial charge in [0.25, 0.3) is 0 Å². The van der Waals surface area contributed by atoms with Gasteiger partial charge in [0.1, 0.15) is 0 Å². The second-order valence-electron chi connectivity index (χ2n) is 6.11. The Morgan fingerprint density at radius 3 is 2.91 bits per heavy atom. The standard InChI is InChI=1S/C18H18N2O2/c21-11-13-10-15-14-5-1-2-6-16(14)19-17(22)8-7-12-4-3-9-20(13)18(12)15/h1-2,5-6,10-12H,3-4,7-9H2,(H,19,22). The molecule has 1 atom stereocenters. The lowest BCUT2D eigenvalue weighted by Gasteiger charge is -2.26. The molecule has 0 aliphatic carbocycles. The van der Waals surface area contributed by atoms with E-state index in [-0.39, 0.29) is 5.91 Å². The molecule has 22 heavy (non-hydrogen) atoms. The van der Waals surface area contributed by atoms with Crippen LogP contribution in [-0.4, -0.2) is 16.8 Å². The summed E-state index contributed by atoms with van der Waals surface area (Å²) in [6.45, 7) is 0.892. The Balaban J connectivity index is 2.00. The molecule has 4 nitrogen and oxygen atoms in total. The van der Waals surface area contributed by atoms with E-state index in [1.54, 1.807) is 0 Å². The average Bonchev–Trinajstić information content (AvgIpc) is 2.94. The first kappa shape index (κ1) is 13.3. The van der Waals surface area contributed by atoms with E-state index in [0.29, 0.717) is 12.3 Å². The zero-order chi connectivity index (χ0) is 15.1. The molecule has 3 heterocycles. The van der Waals surface area contributed by atoms with Crippen LogP contribution >= 0.6 is 0 Å². The Morgan fingerprint density at radius 2 is 2.05 bits per heavy atom. The first-order valence-electron chi connectivity index (χ1n) is 7.86. The maximum absolute atomic E-state index is 12.1. The monoisotopic (exact) mass is 294 g/mol. The molecule has 2 aliphatic heterocycles. The number of hydrogen-bond acceptors (Lipinski definition) is 2. The molecule has 0 saturated carbocycles. The van der Waals surface area contributed by atoms with Crippen molar-refractivity contribution in [1.82, 2.24) is 4.57 Å². The molecule has 0 bridgehead atoms. The predicted molar refractivity (Wildman–Crippen MR) is 85.1 cm³/mol. The van der Waals surface area contributed by atoms with Gasteiger partial charge < -0.3 is 9.88 Å². The van der Waals surface area contributed by atoms with Crippen LogP contribution in [0.3, 0.4) is 0 Å². The predicted octanol–water partition coefficient (Wildman–Crippen LogP) is 3.58. The van der Waals surface area contributed by atoms with Gasteiger partial charge in [-0.2, -0.15) is 0 Å². The lowest BCUT2D eigenvalue weighted by atomic mass is 9.88. The molecule has 1 amide bonds. The second kappa shape index (κ2) is 5.13. The van der Waals surface area contributed by atoms with E-state index in [9.17, 15) is 9.59 Å². The van der Waals surface area contributed by atoms with Crippen molar-refractivity contribution in [2.24, 2.45) is 0 Å². The van der Waals surface area contributed by atoms with Gasteiger partial charge >= 0.3 is 0 Å². The van der Waals surface area contributed by atoms with Gasteiger partial charge in [-0.25, -0.2) is 0 Å². The summed E-state index contributed by atoms with van der Waals surface area (Å²) in [5.74, 6) is 0.430. The number of rotatable bonds is 1. The number of nitrogens with zero attached hydrogens (tertiary/aromatic N) is 1. The maximum Gasteiger partial charge on any atom is 0.224 e. The molecule has 1 aromatic heterocycles. The highest BCUT2D eigenvalue weighted by Crippen LogP contribution is 2.43. The van der Waals surface area contributed by atoms with Gasteiger partial charge in [0.05, 0.1) is 5.69 Å². The lowest BCUT2D eigenvalue weighted by Crippen LogP contribution is -2.18. The number of para-hydroxylation sites is 1. The van der Waals surface area contributed by atoms with E-state index in [1.165, 1.54) is 5.69 Å². The molecule has 0 radical (unpaired) electrons. The molecule has 2 aromatic rings. The smallest absolute Gasteiger partial charge is 0.224 e. The molecule has 4 rings (SSSR count). The lowest BCUT2D eigenvalue weighted by molar-refractivity contribution is -0.116. The minimum atomic E-state index is 0.0744. The highest BCUT2D eigenvalue weighted by molar-refractivity contribution is 5.97. The van der Waals surface area contributed by atoms with E-state index in [2.05, 4.69) is 9.88 Å². The summed E-state index contributed by atoms with van der Waals surface area (Å²) in [5.41, 5.74) is 4.93. The number of hydrogen-bond donors (Lipinski definition) is 1. The maximum atomic E-state index is 12.1. The van der Waals surface area contributed by atoms with Crippen LogP contribution in [0.1, 0.15) is 47.8 Å². The highest BCUT2D eigenvalue weighted by Gasteiger charge is 2.29. The number of nitrogens with one attached hydrogen (secondary N) is 1. The summed E-state index contributed by atoms with van der Waals surface area (Å²) in [7, 11) is 0. The zero-order valence-electron chi connectivity index (χ0n) is 12.3.